The Balaban J connectivity index is -0.000000213. The van der Waals surface area contributed by atoms with Crippen LogP contribution in [0.5, 0.6) is 0 Å². The van der Waals surface area contributed by atoms with Crippen LogP contribution in [0.3, 0.4) is 0 Å². The molecule has 0 aliphatic heterocycles. The minimum absolute atomic E-state index is 0. The Morgan fingerprint density at radius 2 is 1.55 bits per heavy atom. The molecule has 58 valence electrons. The van der Waals surface area contributed by atoms with E-state index >= 15 is 0 Å². The smallest absolute Gasteiger partial charge is 0.358 e. The maximum absolute atomic E-state index is 2.08. The molecule has 1 aromatic rings. The van der Waals surface area contributed by atoms with Gasteiger partial charge in [0.15, 0.2) is 0 Å². The van der Waals surface area contributed by atoms with Crippen molar-refractivity contribution in [1.29, 1.82) is 0 Å². The molecule has 0 spiro atoms. The minimum Gasteiger partial charge on any atom is -0.358 e. The van der Waals surface area contributed by atoms with Crippen molar-refractivity contribution >= 4 is 35.5 Å². The molecule has 1 aromatic carbocycles. The Kier molecular flexibility index (Phi) is 15.9. The van der Waals surface area contributed by atoms with Crippen LogP contribution < -0.4 is 0 Å². The summed E-state index contributed by atoms with van der Waals surface area (Å²) in [5.41, 5.74) is 1.28. The fourth-order valence-electron chi connectivity index (χ4n) is 0.645. The number of hydrogen-bond acceptors (Lipinski definition) is 0. The molecule has 0 saturated carbocycles. The quantitative estimate of drug-likeness (QED) is 0.461. The second-order valence-corrected chi connectivity index (χ2v) is 1.70. The van der Waals surface area contributed by atoms with Gasteiger partial charge in [-0.05, 0) is 0 Å². The summed E-state index contributed by atoms with van der Waals surface area (Å²) in [7, 11) is 0. The van der Waals surface area contributed by atoms with Crippen LogP contribution in [0.4, 0.5) is 0 Å². The van der Waals surface area contributed by atoms with Gasteiger partial charge in [0, 0.05) is 0 Å². The van der Waals surface area contributed by atoms with Crippen molar-refractivity contribution in [3.63, 3.8) is 0 Å². The standard InChI is InChI=1S/C8H9.CH3.ClH.Mg/c1-2-8-6-4-3-5-7-8;;;/h2-7H,1H3;1H3;1H;/q2*-1;;+2. The van der Waals surface area contributed by atoms with E-state index in [1.807, 2.05) is 25.1 Å². The molecule has 0 saturated heterocycles. The molecule has 0 unspecified atom stereocenters. The van der Waals surface area contributed by atoms with E-state index in [4.69, 9.17) is 0 Å². The Hall–Kier alpha value is 0.146. The van der Waals surface area contributed by atoms with E-state index in [9.17, 15) is 0 Å². The number of benzene rings is 1. The molecule has 0 radical (unpaired) electrons. The van der Waals surface area contributed by atoms with E-state index in [2.05, 4.69) is 18.6 Å². The molecule has 0 nitrogen and oxygen atoms in total. The second-order valence-electron chi connectivity index (χ2n) is 1.70. The van der Waals surface area contributed by atoms with Crippen molar-refractivity contribution in [1.82, 2.24) is 0 Å². The third kappa shape index (κ3) is 6.54. The first-order valence-electron chi connectivity index (χ1n) is 2.78. The van der Waals surface area contributed by atoms with E-state index in [0.717, 1.165) is 0 Å². The maximum Gasteiger partial charge on any atom is 2.00 e. The van der Waals surface area contributed by atoms with Crippen LogP contribution in [-0.2, 0) is 0 Å². The average Bonchev–Trinajstić information content (AvgIpc) is 1.90. The van der Waals surface area contributed by atoms with Crippen LogP contribution in [0.15, 0.2) is 30.3 Å². The largest absolute Gasteiger partial charge is 2.00 e. The van der Waals surface area contributed by atoms with E-state index in [-0.39, 0.29) is 42.9 Å². The first-order valence-corrected chi connectivity index (χ1v) is 2.78. The van der Waals surface area contributed by atoms with Gasteiger partial charge in [0.05, 0.1) is 0 Å². The Morgan fingerprint density at radius 1 is 1.09 bits per heavy atom. The molecule has 0 N–H and O–H groups in total. The van der Waals surface area contributed by atoms with Gasteiger partial charge in [-0.2, -0.15) is 24.1 Å². The third-order valence-electron chi connectivity index (χ3n) is 1.13. The van der Waals surface area contributed by atoms with Crippen LogP contribution in [0.1, 0.15) is 12.5 Å². The fraction of sp³-hybridized carbons (Fsp3) is 0.111. The van der Waals surface area contributed by atoms with Gasteiger partial charge in [0.2, 0.25) is 0 Å². The van der Waals surface area contributed by atoms with E-state index in [1.165, 1.54) is 5.56 Å². The van der Waals surface area contributed by atoms with Gasteiger partial charge in [0.1, 0.15) is 0 Å². The molecular weight excluding hydrogens is 168 g/mol. The first kappa shape index (κ1) is 17.3. The molecule has 0 amide bonds. The van der Waals surface area contributed by atoms with Gasteiger partial charge < -0.3 is 7.43 Å². The van der Waals surface area contributed by atoms with E-state index in [1.54, 1.807) is 0 Å². The molecule has 0 heterocycles. The minimum atomic E-state index is 0. The summed E-state index contributed by atoms with van der Waals surface area (Å²) in [6, 6.07) is 10.3. The molecule has 0 aliphatic carbocycles. The number of hydrogen-bond donors (Lipinski definition) is 0. The summed E-state index contributed by atoms with van der Waals surface area (Å²) in [6.07, 6.45) is 2.08. The predicted octanol–water partition coefficient (Wildman–Crippen LogP) is 2.75. The van der Waals surface area contributed by atoms with Gasteiger partial charge in [-0.1, -0.05) is 13.0 Å². The third-order valence-corrected chi connectivity index (χ3v) is 1.13. The number of halogens is 1. The molecule has 11 heavy (non-hydrogen) atoms. The van der Waals surface area contributed by atoms with E-state index in [0.29, 0.717) is 0 Å². The molecule has 0 atom stereocenters. The number of rotatable bonds is 1. The molecule has 1 rings (SSSR count). The Morgan fingerprint density at radius 3 is 1.82 bits per heavy atom. The predicted molar refractivity (Wildman–Crippen MR) is 54.9 cm³/mol. The van der Waals surface area contributed by atoms with Crippen LogP contribution in [0.2, 0.25) is 0 Å². The van der Waals surface area contributed by atoms with Crippen molar-refractivity contribution in [2.45, 2.75) is 6.92 Å². The van der Waals surface area contributed by atoms with Gasteiger partial charge in [-0.15, -0.1) is 24.5 Å². The van der Waals surface area contributed by atoms with Crippen molar-refractivity contribution in [3.05, 3.63) is 49.7 Å². The van der Waals surface area contributed by atoms with Crippen LogP contribution in [0.25, 0.3) is 0 Å². The first-order chi connectivity index (χ1) is 3.93. The molecule has 0 fully saturated rings. The molecule has 0 bridgehead atoms. The summed E-state index contributed by atoms with van der Waals surface area (Å²) >= 11 is 0. The van der Waals surface area contributed by atoms with Crippen molar-refractivity contribution in [3.8, 4) is 0 Å². The van der Waals surface area contributed by atoms with Gasteiger partial charge in [-0.25, -0.2) is 0 Å². The topological polar surface area (TPSA) is 0 Å². The Labute approximate surface area is 92.0 Å². The molecule has 0 aromatic heterocycles. The second kappa shape index (κ2) is 10.1. The van der Waals surface area contributed by atoms with Crippen LogP contribution in [0, 0.1) is 13.8 Å². The zero-order chi connectivity index (χ0) is 5.82. The average molecular weight is 181 g/mol. The Bertz CT molecular complexity index is 151. The zero-order valence-corrected chi connectivity index (χ0v) is 9.31. The summed E-state index contributed by atoms with van der Waals surface area (Å²) < 4.78 is 0. The maximum atomic E-state index is 2.08. The molecular formula is C9H13ClMg. The van der Waals surface area contributed by atoms with Crippen molar-refractivity contribution < 1.29 is 0 Å². The summed E-state index contributed by atoms with van der Waals surface area (Å²) in [6.45, 7) is 2.04. The summed E-state index contributed by atoms with van der Waals surface area (Å²) in [5.74, 6) is 0. The normalized spacial score (nSPS) is 6.27. The molecule has 2 heteroatoms. The molecule has 0 aliphatic rings. The monoisotopic (exact) mass is 180 g/mol. The van der Waals surface area contributed by atoms with Crippen LogP contribution >= 0.6 is 12.4 Å². The fourth-order valence-corrected chi connectivity index (χ4v) is 0.645. The zero-order valence-electron chi connectivity index (χ0n) is 7.08. The van der Waals surface area contributed by atoms with Crippen molar-refractivity contribution in [2.75, 3.05) is 0 Å². The summed E-state index contributed by atoms with van der Waals surface area (Å²) in [5, 5.41) is 0. The van der Waals surface area contributed by atoms with Gasteiger partial charge in [-0.3, -0.25) is 0 Å². The summed E-state index contributed by atoms with van der Waals surface area (Å²) in [4.78, 5) is 0. The van der Waals surface area contributed by atoms with E-state index < -0.39 is 0 Å². The van der Waals surface area contributed by atoms with Gasteiger partial charge in [0.25, 0.3) is 0 Å². The van der Waals surface area contributed by atoms with Crippen LogP contribution in [-0.4, -0.2) is 23.1 Å². The van der Waals surface area contributed by atoms with Gasteiger partial charge >= 0.3 is 23.1 Å². The SMILES string of the molecule is C[CH-]c1ccccc1.Cl.[CH3-].[Mg+2]. The van der Waals surface area contributed by atoms with Crippen molar-refractivity contribution in [2.24, 2.45) is 0 Å².